The summed E-state index contributed by atoms with van der Waals surface area (Å²) in [6.07, 6.45) is 8.38. The molecule has 1 heterocycles. The van der Waals surface area contributed by atoms with Gasteiger partial charge in [-0.15, -0.1) is 0 Å². The fourth-order valence-electron chi connectivity index (χ4n) is 3.15. The van der Waals surface area contributed by atoms with E-state index in [1.165, 1.54) is 36.9 Å². The highest BCUT2D eigenvalue weighted by Gasteiger charge is 2.23. The van der Waals surface area contributed by atoms with Crippen molar-refractivity contribution in [3.05, 3.63) is 42.5 Å². The Hall–Kier alpha value is -1.88. The Bertz CT molecular complexity index is 552. The molecule has 2 atom stereocenters. The van der Waals surface area contributed by atoms with Gasteiger partial charge in [-0.05, 0) is 43.0 Å². The second-order valence-electron chi connectivity index (χ2n) is 5.82. The normalized spacial score (nSPS) is 22.1. The van der Waals surface area contributed by atoms with Crippen LogP contribution in [-0.2, 0) is 6.54 Å². The van der Waals surface area contributed by atoms with Crippen molar-refractivity contribution in [1.82, 2.24) is 14.8 Å². The third kappa shape index (κ3) is 3.61. The summed E-state index contributed by atoms with van der Waals surface area (Å²) < 4.78 is 1.84. The summed E-state index contributed by atoms with van der Waals surface area (Å²) in [5.41, 5.74) is 8.32. The topological polar surface area (TPSA) is 68.8 Å². The summed E-state index contributed by atoms with van der Waals surface area (Å²) in [4.78, 5) is 3.98. The van der Waals surface area contributed by atoms with Gasteiger partial charge in [0.05, 0.1) is 6.54 Å². The van der Waals surface area contributed by atoms with E-state index in [2.05, 4.69) is 39.7 Å². The van der Waals surface area contributed by atoms with Gasteiger partial charge in [0.15, 0.2) is 0 Å². The summed E-state index contributed by atoms with van der Waals surface area (Å²) >= 11 is 0. The number of nitrogens with one attached hydrogen (secondary N) is 1. The molecule has 3 N–H and O–H groups in total. The Morgan fingerprint density at radius 2 is 2.19 bits per heavy atom. The van der Waals surface area contributed by atoms with Crippen molar-refractivity contribution < 1.29 is 0 Å². The summed E-state index contributed by atoms with van der Waals surface area (Å²) in [5.74, 6) is 0.595. The first-order valence-electron chi connectivity index (χ1n) is 7.73. The van der Waals surface area contributed by atoms with Gasteiger partial charge in [0, 0.05) is 11.7 Å². The SMILES string of the molecule is NCC1CCCCC1Nc1cccc(Cn2cncn2)c1. The van der Waals surface area contributed by atoms with Crippen molar-refractivity contribution in [3.63, 3.8) is 0 Å². The zero-order valence-corrected chi connectivity index (χ0v) is 12.3. The Balaban J connectivity index is 1.67. The zero-order chi connectivity index (χ0) is 14.5. The Morgan fingerprint density at radius 1 is 1.29 bits per heavy atom. The summed E-state index contributed by atoms with van der Waals surface area (Å²) in [6.45, 7) is 1.52. The van der Waals surface area contributed by atoms with Crippen molar-refractivity contribution in [1.29, 1.82) is 0 Å². The maximum atomic E-state index is 5.91. The van der Waals surface area contributed by atoms with Gasteiger partial charge in [-0.25, -0.2) is 9.67 Å². The monoisotopic (exact) mass is 285 g/mol. The third-order valence-corrected chi connectivity index (χ3v) is 4.30. The molecule has 0 saturated heterocycles. The number of nitrogens with two attached hydrogens (primary N) is 1. The number of hydrogen-bond acceptors (Lipinski definition) is 4. The van der Waals surface area contributed by atoms with Crippen molar-refractivity contribution >= 4 is 5.69 Å². The Kier molecular flexibility index (Phi) is 4.50. The summed E-state index contributed by atoms with van der Waals surface area (Å²) in [6, 6.07) is 9.05. The molecule has 0 spiro atoms. The highest BCUT2D eigenvalue weighted by Crippen LogP contribution is 2.26. The molecule has 1 aromatic carbocycles. The van der Waals surface area contributed by atoms with Gasteiger partial charge in [-0.2, -0.15) is 5.10 Å². The lowest BCUT2D eigenvalue weighted by Crippen LogP contribution is -2.36. The van der Waals surface area contributed by atoms with Crippen LogP contribution in [0.4, 0.5) is 5.69 Å². The Labute approximate surface area is 125 Å². The smallest absolute Gasteiger partial charge is 0.137 e. The molecule has 1 fully saturated rings. The molecule has 21 heavy (non-hydrogen) atoms. The molecular weight excluding hydrogens is 262 g/mol. The average molecular weight is 285 g/mol. The van der Waals surface area contributed by atoms with E-state index in [1.54, 1.807) is 12.7 Å². The highest BCUT2D eigenvalue weighted by molar-refractivity contribution is 5.46. The minimum absolute atomic E-state index is 0.505. The van der Waals surface area contributed by atoms with Gasteiger partial charge < -0.3 is 11.1 Å². The van der Waals surface area contributed by atoms with Crippen LogP contribution >= 0.6 is 0 Å². The van der Waals surface area contributed by atoms with Crippen LogP contribution in [-0.4, -0.2) is 27.4 Å². The fourth-order valence-corrected chi connectivity index (χ4v) is 3.15. The van der Waals surface area contributed by atoms with E-state index in [4.69, 9.17) is 5.73 Å². The molecule has 0 aliphatic heterocycles. The standard InChI is InChI=1S/C16H23N5/c17-9-14-5-1-2-7-16(14)20-15-6-3-4-13(8-15)10-21-12-18-11-19-21/h3-4,6,8,11-12,14,16,20H,1-2,5,7,9-10,17H2. The largest absolute Gasteiger partial charge is 0.382 e. The fraction of sp³-hybridized carbons (Fsp3) is 0.500. The third-order valence-electron chi connectivity index (χ3n) is 4.30. The van der Waals surface area contributed by atoms with E-state index in [0.29, 0.717) is 12.0 Å². The Morgan fingerprint density at radius 3 is 3.00 bits per heavy atom. The molecule has 5 heteroatoms. The van der Waals surface area contributed by atoms with Gasteiger partial charge in [0.2, 0.25) is 0 Å². The molecule has 2 aromatic rings. The number of nitrogens with zero attached hydrogens (tertiary/aromatic N) is 3. The van der Waals surface area contributed by atoms with Crippen molar-refractivity contribution in [3.8, 4) is 0 Å². The maximum Gasteiger partial charge on any atom is 0.137 e. The van der Waals surface area contributed by atoms with Crippen LogP contribution in [0.15, 0.2) is 36.9 Å². The van der Waals surface area contributed by atoms with Crippen molar-refractivity contribution in [2.24, 2.45) is 11.7 Å². The average Bonchev–Trinajstić information content (AvgIpc) is 3.01. The van der Waals surface area contributed by atoms with Gasteiger partial charge in [-0.3, -0.25) is 0 Å². The molecule has 0 bridgehead atoms. The predicted molar refractivity (Wildman–Crippen MR) is 84.0 cm³/mol. The molecule has 1 aliphatic rings. The van der Waals surface area contributed by atoms with Crippen molar-refractivity contribution in [2.45, 2.75) is 38.3 Å². The van der Waals surface area contributed by atoms with Gasteiger partial charge in [0.25, 0.3) is 0 Å². The zero-order valence-electron chi connectivity index (χ0n) is 12.3. The molecular formula is C16H23N5. The van der Waals surface area contributed by atoms with E-state index in [9.17, 15) is 0 Å². The molecule has 112 valence electrons. The van der Waals surface area contributed by atoms with Gasteiger partial charge >= 0.3 is 0 Å². The van der Waals surface area contributed by atoms with E-state index >= 15 is 0 Å². The minimum atomic E-state index is 0.505. The number of aromatic nitrogens is 3. The van der Waals surface area contributed by atoms with E-state index in [1.807, 2.05) is 4.68 Å². The summed E-state index contributed by atoms with van der Waals surface area (Å²) in [5, 5.41) is 7.83. The lowest BCUT2D eigenvalue weighted by atomic mass is 9.84. The van der Waals surface area contributed by atoms with Crippen LogP contribution in [0.3, 0.4) is 0 Å². The molecule has 1 aromatic heterocycles. The number of rotatable bonds is 5. The second-order valence-corrected chi connectivity index (χ2v) is 5.82. The number of anilines is 1. The molecule has 5 nitrogen and oxygen atoms in total. The number of hydrogen-bond donors (Lipinski definition) is 2. The lowest BCUT2D eigenvalue weighted by Gasteiger charge is -2.32. The second kappa shape index (κ2) is 6.72. The van der Waals surface area contributed by atoms with Crippen LogP contribution in [0.5, 0.6) is 0 Å². The number of benzene rings is 1. The summed E-state index contributed by atoms with van der Waals surface area (Å²) in [7, 11) is 0. The lowest BCUT2D eigenvalue weighted by molar-refractivity contribution is 0.332. The molecule has 1 saturated carbocycles. The predicted octanol–water partition coefficient (Wildman–Crippen LogP) is 2.26. The van der Waals surface area contributed by atoms with Gasteiger partial charge in [-0.1, -0.05) is 25.0 Å². The van der Waals surface area contributed by atoms with E-state index in [0.717, 1.165) is 13.1 Å². The first-order chi connectivity index (χ1) is 10.3. The maximum absolute atomic E-state index is 5.91. The van der Waals surface area contributed by atoms with E-state index < -0.39 is 0 Å². The van der Waals surface area contributed by atoms with Crippen LogP contribution in [0.2, 0.25) is 0 Å². The quantitative estimate of drug-likeness (QED) is 0.884. The van der Waals surface area contributed by atoms with Gasteiger partial charge in [0.1, 0.15) is 12.7 Å². The van der Waals surface area contributed by atoms with Crippen LogP contribution in [0.1, 0.15) is 31.2 Å². The highest BCUT2D eigenvalue weighted by atomic mass is 15.3. The molecule has 0 radical (unpaired) electrons. The van der Waals surface area contributed by atoms with Crippen LogP contribution in [0.25, 0.3) is 0 Å². The van der Waals surface area contributed by atoms with Crippen LogP contribution in [0, 0.1) is 5.92 Å². The van der Waals surface area contributed by atoms with E-state index in [-0.39, 0.29) is 0 Å². The molecule has 2 unspecified atom stereocenters. The minimum Gasteiger partial charge on any atom is -0.382 e. The molecule has 0 amide bonds. The first kappa shape index (κ1) is 14.1. The molecule has 1 aliphatic carbocycles. The molecule has 3 rings (SSSR count). The van der Waals surface area contributed by atoms with Crippen LogP contribution < -0.4 is 11.1 Å². The van der Waals surface area contributed by atoms with Crippen molar-refractivity contribution in [2.75, 3.05) is 11.9 Å². The first-order valence-corrected chi connectivity index (χ1v) is 7.73.